The van der Waals surface area contributed by atoms with Crippen LogP contribution in [0.15, 0.2) is 97.1 Å². The Hall–Kier alpha value is -3.78. The first-order valence-corrected chi connectivity index (χ1v) is 12.7. The van der Waals surface area contributed by atoms with Gasteiger partial charge in [0.1, 0.15) is 11.5 Å². The van der Waals surface area contributed by atoms with Crippen molar-refractivity contribution in [3.63, 3.8) is 0 Å². The Morgan fingerprint density at radius 1 is 0.514 bits per heavy atom. The van der Waals surface area contributed by atoms with Gasteiger partial charge < -0.3 is 14.2 Å². The number of hydrogen-bond acceptors (Lipinski definition) is 7. The SMILES string of the molecule is c1ccc2sc(Oc3ccc(COCc4ccc(Oc5nc6ccccc6s5)cc4)cc3)nc2c1. The van der Waals surface area contributed by atoms with Crippen LogP contribution in [0.4, 0.5) is 0 Å². The van der Waals surface area contributed by atoms with E-state index in [1.165, 1.54) is 22.7 Å². The van der Waals surface area contributed by atoms with Crippen molar-refractivity contribution >= 4 is 43.1 Å². The lowest BCUT2D eigenvalue weighted by Gasteiger charge is -2.07. The molecule has 6 aromatic rings. The summed E-state index contributed by atoms with van der Waals surface area (Å²) in [7, 11) is 0. The van der Waals surface area contributed by atoms with Crippen LogP contribution in [0.1, 0.15) is 11.1 Å². The molecule has 2 aromatic heterocycles. The van der Waals surface area contributed by atoms with E-state index in [9.17, 15) is 0 Å². The van der Waals surface area contributed by atoms with E-state index >= 15 is 0 Å². The summed E-state index contributed by atoms with van der Waals surface area (Å²) in [6, 6.07) is 31.9. The van der Waals surface area contributed by atoms with Crippen molar-refractivity contribution in [2.45, 2.75) is 13.2 Å². The van der Waals surface area contributed by atoms with Gasteiger partial charge in [-0.15, -0.1) is 0 Å². The highest BCUT2D eigenvalue weighted by atomic mass is 32.1. The lowest BCUT2D eigenvalue weighted by molar-refractivity contribution is 0.107. The Balaban J connectivity index is 1.00. The Kier molecular flexibility index (Phi) is 6.11. The Morgan fingerprint density at radius 3 is 1.37 bits per heavy atom. The largest absolute Gasteiger partial charge is 0.431 e. The summed E-state index contributed by atoms with van der Waals surface area (Å²) >= 11 is 3.08. The molecule has 0 amide bonds. The highest BCUT2D eigenvalue weighted by Crippen LogP contribution is 2.32. The van der Waals surface area contributed by atoms with Gasteiger partial charge >= 0.3 is 0 Å². The zero-order chi connectivity index (χ0) is 23.5. The molecule has 0 aliphatic heterocycles. The van der Waals surface area contributed by atoms with Gasteiger partial charge in [0, 0.05) is 0 Å². The molecule has 0 bridgehead atoms. The zero-order valence-electron chi connectivity index (χ0n) is 18.6. The third-order valence-corrected chi connectivity index (χ3v) is 7.17. The van der Waals surface area contributed by atoms with Gasteiger partial charge in [-0.3, -0.25) is 0 Å². The molecule has 6 rings (SSSR count). The predicted molar refractivity (Wildman–Crippen MR) is 141 cm³/mol. The van der Waals surface area contributed by atoms with Crippen LogP contribution in [0.3, 0.4) is 0 Å². The van der Waals surface area contributed by atoms with Crippen molar-refractivity contribution < 1.29 is 14.2 Å². The van der Waals surface area contributed by atoms with Gasteiger partial charge in [0.15, 0.2) is 0 Å². The molecule has 0 aliphatic carbocycles. The van der Waals surface area contributed by atoms with E-state index in [0.29, 0.717) is 23.6 Å². The van der Waals surface area contributed by atoms with E-state index in [0.717, 1.165) is 43.1 Å². The van der Waals surface area contributed by atoms with E-state index < -0.39 is 0 Å². The van der Waals surface area contributed by atoms with E-state index in [-0.39, 0.29) is 0 Å². The van der Waals surface area contributed by atoms with Crippen molar-refractivity contribution in [2.24, 2.45) is 0 Å². The number of aromatic nitrogens is 2. The van der Waals surface area contributed by atoms with Crippen LogP contribution in [0, 0.1) is 0 Å². The number of rotatable bonds is 8. The number of nitrogens with zero attached hydrogens (tertiary/aromatic N) is 2. The third kappa shape index (κ3) is 5.17. The fourth-order valence-electron chi connectivity index (χ4n) is 3.59. The maximum atomic E-state index is 5.91. The minimum absolute atomic E-state index is 0.519. The highest BCUT2D eigenvalue weighted by molar-refractivity contribution is 7.20. The lowest BCUT2D eigenvalue weighted by Crippen LogP contribution is -1.94. The molecule has 0 N–H and O–H groups in total. The van der Waals surface area contributed by atoms with Gasteiger partial charge in [0.25, 0.3) is 10.4 Å². The first kappa shape index (κ1) is 21.7. The monoisotopic (exact) mass is 496 g/mol. The summed E-state index contributed by atoms with van der Waals surface area (Å²) in [5.41, 5.74) is 4.07. The molecule has 0 saturated carbocycles. The maximum Gasteiger partial charge on any atom is 0.279 e. The molecule has 0 aliphatic rings. The van der Waals surface area contributed by atoms with Gasteiger partial charge in [-0.1, -0.05) is 71.2 Å². The Labute approximate surface area is 210 Å². The van der Waals surface area contributed by atoms with Crippen LogP contribution >= 0.6 is 22.7 Å². The smallest absolute Gasteiger partial charge is 0.279 e. The van der Waals surface area contributed by atoms with Crippen LogP contribution in [-0.4, -0.2) is 9.97 Å². The lowest BCUT2D eigenvalue weighted by atomic mass is 10.2. The van der Waals surface area contributed by atoms with E-state index in [4.69, 9.17) is 14.2 Å². The number of benzene rings is 4. The van der Waals surface area contributed by atoms with Crippen molar-refractivity contribution in [1.29, 1.82) is 0 Å². The Bertz CT molecular complexity index is 1390. The standard InChI is InChI=1S/C28H20N2O3S2/c1-3-7-25-23(5-1)29-27(34-25)32-21-13-9-19(10-14-21)17-31-18-20-11-15-22(16-12-20)33-28-30-24-6-2-4-8-26(24)35-28/h1-16H,17-18H2. The fourth-order valence-corrected chi connectivity index (χ4v) is 5.26. The third-order valence-electron chi connectivity index (χ3n) is 5.34. The molecule has 0 saturated heterocycles. The van der Waals surface area contributed by atoms with Crippen LogP contribution in [0.2, 0.25) is 0 Å². The minimum atomic E-state index is 0.519. The fraction of sp³-hybridized carbons (Fsp3) is 0.0714. The summed E-state index contributed by atoms with van der Waals surface area (Å²) in [5.74, 6) is 1.52. The molecule has 5 nitrogen and oxygen atoms in total. The van der Waals surface area contributed by atoms with Gasteiger partial charge in [-0.2, -0.15) is 0 Å². The normalized spacial score (nSPS) is 11.2. The number of para-hydroxylation sites is 2. The molecule has 172 valence electrons. The summed E-state index contributed by atoms with van der Waals surface area (Å²) in [4.78, 5) is 9.03. The molecule has 7 heteroatoms. The molecule has 4 aromatic carbocycles. The van der Waals surface area contributed by atoms with E-state index in [1.54, 1.807) is 0 Å². The topological polar surface area (TPSA) is 53.5 Å². The number of thiazole rings is 2. The molecule has 2 heterocycles. The first-order chi connectivity index (χ1) is 17.3. The zero-order valence-corrected chi connectivity index (χ0v) is 20.2. The number of hydrogen-bond donors (Lipinski definition) is 0. The Morgan fingerprint density at radius 2 is 0.943 bits per heavy atom. The van der Waals surface area contributed by atoms with Crippen molar-refractivity contribution in [2.75, 3.05) is 0 Å². The molecular formula is C28H20N2O3S2. The highest BCUT2D eigenvalue weighted by Gasteiger charge is 2.07. The molecule has 0 spiro atoms. The van der Waals surface area contributed by atoms with Gasteiger partial charge in [-0.25, -0.2) is 9.97 Å². The van der Waals surface area contributed by atoms with E-state index in [1.807, 2.05) is 97.1 Å². The average Bonchev–Trinajstić information content (AvgIpc) is 3.49. The minimum Gasteiger partial charge on any atom is -0.431 e. The summed E-state index contributed by atoms with van der Waals surface area (Å²) in [5, 5.41) is 1.29. The summed E-state index contributed by atoms with van der Waals surface area (Å²) in [6.07, 6.45) is 0. The molecule has 0 radical (unpaired) electrons. The second-order valence-corrected chi connectivity index (χ2v) is 9.87. The maximum absolute atomic E-state index is 5.91. The van der Waals surface area contributed by atoms with Gasteiger partial charge in [0.2, 0.25) is 0 Å². The second-order valence-electron chi connectivity index (χ2n) is 7.88. The molecular weight excluding hydrogens is 476 g/mol. The quantitative estimate of drug-likeness (QED) is 0.212. The number of fused-ring (bicyclic) bond motifs is 2. The van der Waals surface area contributed by atoms with Crippen molar-refractivity contribution in [1.82, 2.24) is 9.97 Å². The predicted octanol–water partition coefficient (Wildman–Crippen LogP) is 8.21. The van der Waals surface area contributed by atoms with Crippen LogP contribution in [0.5, 0.6) is 21.9 Å². The van der Waals surface area contributed by atoms with Crippen molar-refractivity contribution in [3.8, 4) is 21.9 Å². The molecule has 0 fully saturated rings. The van der Waals surface area contributed by atoms with Crippen LogP contribution in [-0.2, 0) is 18.0 Å². The van der Waals surface area contributed by atoms with Crippen LogP contribution in [0.25, 0.3) is 20.4 Å². The van der Waals surface area contributed by atoms with Gasteiger partial charge in [0.05, 0.1) is 33.6 Å². The molecule has 0 unspecified atom stereocenters. The summed E-state index contributed by atoms with van der Waals surface area (Å²) < 4.78 is 20.0. The van der Waals surface area contributed by atoms with Crippen molar-refractivity contribution in [3.05, 3.63) is 108 Å². The van der Waals surface area contributed by atoms with E-state index in [2.05, 4.69) is 9.97 Å². The average molecular weight is 497 g/mol. The summed E-state index contributed by atoms with van der Waals surface area (Å²) in [6.45, 7) is 1.04. The van der Waals surface area contributed by atoms with Gasteiger partial charge in [-0.05, 0) is 59.7 Å². The number of ether oxygens (including phenoxy) is 3. The van der Waals surface area contributed by atoms with Crippen LogP contribution < -0.4 is 9.47 Å². The molecule has 0 atom stereocenters. The first-order valence-electron chi connectivity index (χ1n) is 11.1. The second kappa shape index (κ2) is 9.84. The molecule has 35 heavy (non-hydrogen) atoms.